The van der Waals surface area contributed by atoms with Crippen LogP contribution in [-0.2, 0) is 67.0 Å². The molecule has 116 heavy (non-hydrogen) atoms. The molecule has 7 aliphatic heterocycles. The largest absolute Gasteiger partial charge is 0.357 e. The van der Waals surface area contributed by atoms with E-state index in [1.807, 2.05) is 0 Å². The van der Waals surface area contributed by atoms with Crippen molar-refractivity contribution in [3.05, 3.63) is 399 Å². The molecule has 0 unspecified atom stereocenters. The number of nitrogens with zero attached hydrogens (tertiary/aromatic N) is 14. The van der Waals surface area contributed by atoms with E-state index in [9.17, 15) is 0 Å². The average Bonchev–Trinajstić information content (AvgIpc) is 1.61. The zero-order chi connectivity index (χ0) is 78.5. The Bertz CT molecular complexity index is 5710. The van der Waals surface area contributed by atoms with Gasteiger partial charge < -0.3 is 9.80 Å². The third-order valence-corrected chi connectivity index (χ3v) is 22.6. The van der Waals surface area contributed by atoms with Crippen LogP contribution in [0.3, 0.4) is 0 Å². The van der Waals surface area contributed by atoms with Crippen LogP contribution in [0, 0.1) is 0 Å². The Hall–Kier alpha value is -13.6. The van der Waals surface area contributed by atoms with Crippen LogP contribution in [0.2, 0.25) is 0 Å². The second kappa shape index (κ2) is 35.2. The SMILES string of the molecule is CN1C=CC(=C2C=CN(CCCC[n+]3ccc(C4=C5C=CC(=N5)C(c5cc[n+](CCCC[n+]6ccc(-c7cc[n+](C)cc7)cc6)cc5)=C5C=CC(=[NH+]5)C(c5cc[n+](CCCC[n+]6ccc(-c7cc[n+](C)cc7)cc6)cc5)=C5C=CC(=[NH+]5)C(c5cc[n+](CCCC[n+]6ccc(-c7cc[n+](C)cc7)cc6)cc5)=C5C=CC4=N5)cc3)C=C2)C=C1. The Morgan fingerprint density at radius 1 is 0.259 bits per heavy atom. The molecule has 8 bridgehead atoms. The first-order valence-corrected chi connectivity index (χ1v) is 41.0. The summed E-state index contributed by atoms with van der Waals surface area (Å²) in [5, 5.41) is 0. The first-order valence-electron chi connectivity index (χ1n) is 41.0. The topological polar surface area (TPSA) is 97.9 Å². The van der Waals surface area contributed by atoms with Crippen LogP contribution < -0.4 is 55.7 Å². The summed E-state index contributed by atoms with van der Waals surface area (Å²) >= 11 is 0. The van der Waals surface area contributed by atoms with Gasteiger partial charge in [0, 0.05) is 251 Å². The minimum absolute atomic E-state index is 0.854. The van der Waals surface area contributed by atoms with Gasteiger partial charge in [0.25, 0.3) is 0 Å². The molecule has 16 nitrogen and oxygen atoms in total. The van der Waals surface area contributed by atoms with Crippen molar-refractivity contribution >= 4 is 45.1 Å². The van der Waals surface area contributed by atoms with Gasteiger partial charge >= 0.3 is 0 Å². The molecule has 10 aromatic heterocycles. The van der Waals surface area contributed by atoms with E-state index in [0.29, 0.717) is 0 Å². The number of aliphatic imine (C=N–C) groups is 2. The van der Waals surface area contributed by atoms with Crippen LogP contribution in [0.5, 0.6) is 0 Å². The summed E-state index contributed by atoms with van der Waals surface area (Å²) in [5.41, 5.74) is 25.5. The smallest absolute Gasteiger partial charge is 0.218 e. The maximum atomic E-state index is 5.73. The third kappa shape index (κ3) is 18.1. The molecule has 17 heterocycles. The molecule has 570 valence electrons. The van der Waals surface area contributed by atoms with Crippen molar-refractivity contribution in [3.63, 3.8) is 0 Å². The summed E-state index contributed by atoms with van der Waals surface area (Å²) < 4.78 is 22.4. The highest BCUT2D eigenvalue weighted by atomic mass is 15.1. The Balaban J connectivity index is 0.675. The number of fused-ring (bicyclic) bond motifs is 4. The number of unbranched alkanes of at least 4 members (excludes halogenated alkanes) is 4. The summed E-state index contributed by atoms with van der Waals surface area (Å²) in [6.07, 6.45) is 87.2. The normalized spacial score (nSPS) is 15.3. The second-order valence-electron chi connectivity index (χ2n) is 30.9. The maximum Gasteiger partial charge on any atom is 0.218 e. The molecule has 0 amide bonds. The Labute approximate surface area is 681 Å². The molecule has 0 atom stereocenters. The number of aryl methyl sites for hydroxylation is 10. The highest BCUT2D eigenvalue weighted by Crippen LogP contribution is 2.35. The average molecular weight is 1530 g/mol. The van der Waals surface area contributed by atoms with Crippen LogP contribution in [0.4, 0.5) is 0 Å². The lowest BCUT2D eigenvalue weighted by Crippen LogP contribution is -2.71. The summed E-state index contributed by atoms with van der Waals surface area (Å²) in [4.78, 5) is 23.9. The highest BCUT2D eigenvalue weighted by Gasteiger charge is 2.34. The van der Waals surface area contributed by atoms with Crippen molar-refractivity contribution < 1.29 is 55.7 Å². The van der Waals surface area contributed by atoms with Crippen LogP contribution in [-0.4, -0.2) is 46.2 Å². The van der Waals surface area contributed by atoms with E-state index in [1.54, 1.807) is 0 Å². The van der Waals surface area contributed by atoms with Gasteiger partial charge in [-0.3, -0.25) is 0 Å². The van der Waals surface area contributed by atoms with Crippen molar-refractivity contribution in [2.45, 2.75) is 97.2 Å². The van der Waals surface area contributed by atoms with Gasteiger partial charge in [-0.15, -0.1) is 0 Å². The molecule has 0 aromatic carbocycles. The molecular formula is C100H102N16+12. The Morgan fingerprint density at radius 2 is 0.526 bits per heavy atom. The van der Waals surface area contributed by atoms with Gasteiger partial charge in [0.15, 0.2) is 124 Å². The minimum atomic E-state index is 0.854. The lowest BCUT2D eigenvalue weighted by Gasteiger charge is -2.20. The van der Waals surface area contributed by atoms with Crippen LogP contribution in [0.1, 0.15) is 73.6 Å². The molecule has 17 rings (SSSR count). The van der Waals surface area contributed by atoms with E-state index >= 15 is 0 Å². The van der Waals surface area contributed by atoms with Gasteiger partial charge in [-0.2, -0.15) is 0 Å². The molecule has 10 aromatic rings. The Morgan fingerprint density at radius 3 is 0.888 bits per heavy atom. The van der Waals surface area contributed by atoms with Gasteiger partial charge in [-0.1, -0.05) is 0 Å². The van der Waals surface area contributed by atoms with Crippen molar-refractivity contribution in [3.8, 4) is 33.4 Å². The van der Waals surface area contributed by atoms with E-state index in [1.165, 1.54) is 44.5 Å². The summed E-state index contributed by atoms with van der Waals surface area (Å²) in [6.45, 7) is 7.40. The summed E-state index contributed by atoms with van der Waals surface area (Å²) in [7, 11) is 8.21. The molecule has 2 N–H and O–H groups in total. The molecule has 0 saturated heterocycles. The van der Waals surface area contributed by atoms with Crippen molar-refractivity contribution in [1.82, 2.24) is 9.80 Å². The fourth-order valence-corrected chi connectivity index (χ4v) is 15.8. The lowest BCUT2D eigenvalue weighted by atomic mass is 9.99. The number of pyridine rings is 10. The van der Waals surface area contributed by atoms with Crippen LogP contribution in [0.25, 0.3) is 55.7 Å². The minimum Gasteiger partial charge on any atom is -0.357 e. The van der Waals surface area contributed by atoms with Crippen molar-refractivity contribution in [2.24, 2.45) is 31.1 Å². The number of nitrogens with one attached hydrogen (secondary N) is 2. The number of hydrogen-bond donors (Lipinski definition) is 2. The third-order valence-electron chi connectivity index (χ3n) is 22.6. The predicted octanol–water partition coefficient (Wildman–Crippen LogP) is 9.17. The molecule has 7 aliphatic rings. The monoisotopic (exact) mass is 1530 g/mol. The quantitative estimate of drug-likeness (QED) is 0.0397. The molecule has 0 aliphatic carbocycles. The molecule has 0 spiro atoms. The number of aromatic nitrogens is 10. The van der Waals surface area contributed by atoms with Gasteiger partial charge in [0.2, 0.25) is 22.8 Å². The number of allylic oxidation sites excluding steroid dienone is 18. The molecule has 0 saturated carbocycles. The fraction of sp³-hybridized carbons (Fsp3) is 0.200. The van der Waals surface area contributed by atoms with Gasteiger partial charge in [-0.05, 0) is 105 Å². The maximum absolute atomic E-state index is 5.73. The van der Waals surface area contributed by atoms with Gasteiger partial charge in [0.1, 0.15) is 72.5 Å². The molecular weight excluding hydrogens is 1430 g/mol. The molecule has 16 heteroatoms. The molecule has 0 fully saturated rings. The van der Waals surface area contributed by atoms with Gasteiger partial charge in [-0.25, -0.2) is 65.6 Å². The van der Waals surface area contributed by atoms with Crippen molar-refractivity contribution in [2.75, 3.05) is 13.6 Å². The first-order chi connectivity index (χ1) is 57.0. The molecule has 0 radical (unpaired) electrons. The van der Waals surface area contributed by atoms with E-state index in [0.717, 1.165) is 194 Å². The zero-order valence-corrected chi connectivity index (χ0v) is 66.9. The zero-order valence-electron chi connectivity index (χ0n) is 66.9. The summed E-state index contributed by atoms with van der Waals surface area (Å²) in [5.74, 6) is 0. The summed E-state index contributed by atoms with van der Waals surface area (Å²) in [6, 6.07) is 44.4. The lowest BCUT2D eigenvalue weighted by molar-refractivity contribution is -0.708. The van der Waals surface area contributed by atoms with Crippen LogP contribution in [0.15, 0.2) is 387 Å². The number of rotatable bonds is 27. The van der Waals surface area contributed by atoms with Crippen LogP contribution >= 0.6 is 0 Å². The predicted molar refractivity (Wildman–Crippen MR) is 452 cm³/mol. The number of hydrogen-bond acceptors (Lipinski definition) is 4. The standard InChI is InChI=1S/C100H100N16/c1-105-53-21-77(22-54-105)81-29-61-109(62-30-81)45-5-9-49-113-69-37-85(38-70-113)97-89-13-15-91(101-89)98(86-39-71-114(72-40-86)50-10-6-46-110-63-31-82(32-64-110)78-23-55-106(2)56-24-78)93-17-19-95(103-93)100(88-43-75-116(76-44-88)52-12-8-48-112-67-35-84(36-68-112)80-27-59-108(4)60-28-80)96-20-18-94(104-96)99(92-16-14-90(97)102-92)87-41-73-115(74-42-87)51-11-7-47-111-65-33-83(34-66-111)79-25-57-107(3)58-26-79/h13-44,53-76H,5-12,45-52H2,1-4H3/q+10/p+2. The van der Waals surface area contributed by atoms with E-state index < -0.39 is 0 Å². The van der Waals surface area contributed by atoms with Gasteiger partial charge in [0.05, 0.1) is 34.0 Å². The van der Waals surface area contributed by atoms with E-state index in [-0.39, 0.29) is 0 Å². The van der Waals surface area contributed by atoms with E-state index in [2.05, 4.69) is 437 Å². The second-order valence-corrected chi connectivity index (χ2v) is 30.9. The highest BCUT2D eigenvalue weighted by molar-refractivity contribution is 6.37. The fourth-order valence-electron chi connectivity index (χ4n) is 15.8. The van der Waals surface area contributed by atoms with Crippen molar-refractivity contribution in [1.29, 1.82) is 0 Å². The van der Waals surface area contributed by atoms with E-state index in [4.69, 9.17) is 9.98 Å². The first kappa shape index (κ1) is 75.1. The Kier molecular flexibility index (Phi) is 22.8.